The lowest BCUT2D eigenvalue weighted by molar-refractivity contribution is 0.0959. The van der Waals surface area contributed by atoms with Gasteiger partial charge in [0.05, 0.1) is 5.69 Å². The maximum atomic E-state index is 14.5. The lowest BCUT2D eigenvalue weighted by Crippen LogP contribution is -2.40. The molecule has 0 spiro atoms. The third-order valence-electron chi connectivity index (χ3n) is 4.73. The second kappa shape index (κ2) is 10.9. The van der Waals surface area contributed by atoms with Crippen LogP contribution < -0.4 is 20.9 Å². The van der Waals surface area contributed by atoms with Gasteiger partial charge in [-0.3, -0.25) is 15.0 Å². The van der Waals surface area contributed by atoms with Crippen molar-refractivity contribution in [2.45, 2.75) is 19.9 Å². The number of nitrogens with zero attached hydrogens (tertiary/aromatic N) is 1. The minimum atomic E-state index is -1.33. The number of anilines is 3. The van der Waals surface area contributed by atoms with Crippen LogP contribution in [0.3, 0.4) is 0 Å². The fourth-order valence-electron chi connectivity index (χ4n) is 3.16. The summed E-state index contributed by atoms with van der Waals surface area (Å²) in [6.45, 7) is 3.60. The first kappa shape index (κ1) is 25.6. The molecule has 0 heterocycles. The molecule has 0 atom stereocenters. The van der Waals surface area contributed by atoms with Crippen LogP contribution in [0.5, 0.6) is 0 Å². The van der Waals surface area contributed by atoms with Crippen molar-refractivity contribution in [3.05, 3.63) is 88.7 Å². The highest BCUT2D eigenvalue weighted by Crippen LogP contribution is 2.23. The van der Waals surface area contributed by atoms with Crippen LogP contribution in [0.1, 0.15) is 24.2 Å². The maximum Gasteiger partial charge on any atom is 0.326 e. The molecule has 0 aliphatic carbocycles. The number of benzene rings is 3. The van der Waals surface area contributed by atoms with Gasteiger partial charge in [0, 0.05) is 22.4 Å². The summed E-state index contributed by atoms with van der Waals surface area (Å²) in [4.78, 5) is 38.3. The van der Waals surface area contributed by atoms with Crippen molar-refractivity contribution in [2.75, 3.05) is 15.5 Å². The van der Waals surface area contributed by atoms with Crippen LogP contribution in [-0.4, -0.2) is 24.0 Å². The number of hydrogen-bond donors (Lipinski definition) is 3. The van der Waals surface area contributed by atoms with Gasteiger partial charge in [-0.05, 0) is 68.4 Å². The molecular formula is C24H20ClF3N4O3. The van der Waals surface area contributed by atoms with Gasteiger partial charge in [0.15, 0.2) is 0 Å². The van der Waals surface area contributed by atoms with Gasteiger partial charge in [0.25, 0.3) is 5.91 Å². The molecule has 3 N–H and O–H groups in total. The number of carbonyl (C=O) groups excluding carboxylic acids is 3. The monoisotopic (exact) mass is 504 g/mol. The van der Waals surface area contributed by atoms with Crippen LogP contribution in [0, 0.1) is 17.5 Å². The summed E-state index contributed by atoms with van der Waals surface area (Å²) in [5, 5.41) is 6.88. The summed E-state index contributed by atoms with van der Waals surface area (Å²) in [7, 11) is 0. The van der Waals surface area contributed by atoms with Crippen molar-refractivity contribution < 1.29 is 27.6 Å². The lowest BCUT2D eigenvalue weighted by Gasteiger charge is -2.27. The van der Waals surface area contributed by atoms with Crippen LogP contribution in [-0.2, 0) is 0 Å². The highest BCUT2D eigenvalue weighted by atomic mass is 35.5. The minimum Gasteiger partial charge on any atom is -0.307 e. The molecule has 0 fully saturated rings. The summed E-state index contributed by atoms with van der Waals surface area (Å²) in [6.07, 6.45) is 0. The molecule has 3 aromatic carbocycles. The molecule has 0 radical (unpaired) electrons. The van der Waals surface area contributed by atoms with E-state index in [1.54, 1.807) is 43.4 Å². The molecule has 7 nitrogen and oxygen atoms in total. The van der Waals surface area contributed by atoms with E-state index in [1.165, 1.54) is 11.0 Å². The summed E-state index contributed by atoms with van der Waals surface area (Å²) in [5.41, 5.74) is -0.604. The Morgan fingerprint density at radius 2 is 1.49 bits per heavy atom. The SMILES string of the molecule is CC(C)N(C(=O)Nc1ccc(NC(=O)NC(=O)c2c(F)cccc2F)c(F)c1)c1ccc(Cl)cc1. The summed E-state index contributed by atoms with van der Waals surface area (Å²) in [6, 6.07) is 10.9. The van der Waals surface area contributed by atoms with E-state index in [2.05, 4.69) is 10.6 Å². The molecule has 3 aromatic rings. The van der Waals surface area contributed by atoms with Gasteiger partial charge in [-0.1, -0.05) is 17.7 Å². The first-order valence-corrected chi connectivity index (χ1v) is 10.7. The smallest absolute Gasteiger partial charge is 0.307 e. The Labute approximate surface area is 203 Å². The van der Waals surface area contributed by atoms with Crippen LogP contribution in [0.15, 0.2) is 60.7 Å². The zero-order chi connectivity index (χ0) is 25.7. The number of nitrogens with one attached hydrogen (secondary N) is 3. The molecule has 182 valence electrons. The molecule has 0 saturated heterocycles. The number of urea groups is 2. The number of amides is 5. The third-order valence-corrected chi connectivity index (χ3v) is 4.98. The van der Waals surface area contributed by atoms with Gasteiger partial charge in [-0.15, -0.1) is 0 Å². The molecule has 35 heavy (non-hydrogen) atoms. The van der Waals surface area contributed by atoms with Gasteiger partial charge < -0.3 is 10.6 Å². The third kappa shape index (κ3) is 6.30. The zero-order valence-corrected chi connectivity index (χ0v) is 19.3. The van der Waals surface area contributed by atoms with E-state index in [1.807, 2.05) is 0 Å². The van der Waals surface area contributed by atoms with Crippen LogP contribution in [0.2, 0.25) is 5.02 Å². The van der Waals surface area contributed by atoms with Crippen molar-refractivity contribution in [3.8, 4) is 0 Å². The predicted octanol–water partition coefficient (Wildman–Crippen LogP) is 6.17. The maximum absolute atomic E-state index is 14.5. The standard InChI is InChI=1S/C24H20ClF3N4O3/c1-13(2)32(16-9-6-14(25)7-10-16)24(35)29-15-8-11-20(19(28)12-15)30-23(34)31-22(33)21-17(26)4-3-5-18(21)27/h3-13H,1-2H3,(H,29,35)(H2,30,31,33,34). The fraction of sp³-hybridized carbons (Fsp3) is 0.125. The Kier molecular flexibility index (Phi) is 7.98. The number of carbonyl (C=O) groups is 3. The van der Waals surface area contributed by atoms with Crippen molar-refractivity contribution in [1.29, 1.82) is 0 Å². The average molecular weight is 505 g/mol. The molecule has 0 aliphatic rings. The van der Waals surface area contributed by atoms with Crippen LogP contribution in [0.25, 0.3) is 0 Å². The largest absolute Gasteiger partial charge is 0.326 e. The zero-order valence-electron chi connectivity index (χ0n) is 18.5. The van der Waals surface area contributed by atoms with Crippen molar-refractivity contribution in [3.63, 3.8) is 0 Å². The van der Waals surface area contributed by atoms with E-state index >= 15 is 0 Å². The van der Waals surface area contributed by atoms with E-state index in [0.29, 0.717) is 10.7 Å². The van der Waals surface area contributed by atoms with E-state index in [-0.39, 0.29) is 17.4 Å². The van der Waals surface area contributed by atoms with Crippen molar-refractivity contribution >= 4 is 46.6 Å². The number of hydrogen-bond acceptors (Lipinski definition) is 3. The van der Waals surface area contributed by atoms with Gasteiger partial charge in [-0.25, -0.2) is 22.8 Å². The summed E-state index contributed by atoms with van der Waals surface area (Å²) < 4.78 is 41.9. The predicted molar refractivity (Wildman–Crippen MR) is 127 cm³/mol. The Morgan fingerprint density at radius 3 is 2.06 bits per heavy atom. The summed E-state index contributed by atoms with van der Waals surface area (Å²) >= 11 is 5.90. The first-order chi connectivity index (χ1) is 16.6. The molecule has 0 unspecified atom stereocenters. The highest BCUT2D eigenvalue weighted by Gasteiger charge is 2.21. The molecule has 11 heteroatoms. The molecular weight excluding hydrogens is 485 g/mol. The van der Waals surface area contributed by atoms with E-state index < -0.39 is 41.0 Å². The first-order valence-electron chi connectivity index (χ1n) is 10.3. The number of imide groups is 1. The second-order valence-electron chi connectivity index (χ2n) is 7.57. The number of rotatable bonds is 5. The van der Waals surface area contributed by atoms with Crippen LogP contribution >= 0.6 is 11.6 Å². The molecule has 5 amide bonds. The molecule has 0 saturated carbocycles. The van der Waals surface area contributed by atoms with Gasteiger partial charge in [-0.2, -0.15) is 0 Å². The topological polar surface area (TPSA) is 90.5 Å². The normalized spacial score (nSPS) is 10.6. The Bertz CT molecular complexity index is 1250. The Hall–Kier alpha value is -4.05. The molecule has 0 aromatic heterocycles. The van der Waals surface area contributed by atoms with Gasteiger partial charge >= 0.3 is 12.1 Å². The molecule has 0 aliphatic heterocycles. The van der Waals surface area contributed by atoms with E-state index in [4.69, 9.17) is 11.6 Å². The summed E-state index contributed by atoms with van der Waals surface area (Å²) in [5.74, 6) is -4.57. The average Bonchev–Trinajstić information content (AvgIpc) is 2.76. The molecule has 0 bridgehead atoms. The highest BCUT2D eigenvalue weighted by molar-refractivity contribution is 6.30. The quantitative estimate of drug-likeness (QED) is 0.388. The number of halogens is 4. The van der Waals surface area contributed by atoms with Crippen molar-refractivity contribution in [1.82, 2.24) is 5.32 Å². The van der Waals surface area contributed by atoms with E-state index in [0.717, 1.165) is 30.3 Å². The van der Waals surface area contributed by atoms with Crippen LogP contribution in [0.4, 0.5) is 39.8 Å². The second-order valence-corrected chi connectivity index (χ2v) is 8.01. The Morgan fingerprint density at radius 1 is 0.857 bits per heavy atom. The lowest BCUT2D eigenvalue weighted by atomic mass is 10.2. The fourth-order valence-corrected chi connectivity index (χ4v) is 3.29. The van der Waals surface area contributed by atoms with E-state index in [9.17, 15) is 27.6 Å². The van der Waals surface area contributed by atoms with Crippen molar-refractivity contribution in [2.24, 2.45) is 0 Å². The van der Waals surface area contributed by atoms with Gasteiger partial charge in [0.2, 0.25) is 0 Å². The Balaban J connectivity index is 1.67. The molecule has 3 rings (SSSR count). The minimum absolute atomic E-state index is 0.0996. The van der Waals surface area contributed by atoms with Gasteiger partial charge in [0.1, 0.15) is 23.0 Å².